The van der Waals surface area contributed by atoms with Crippen molar-refractivity contribution in [1.29, 1.82) is 0 Å². The van der Waals surface area contributed by atoms with Crippen molar-refractivity contribution in [3.05, 3.63) is 0 Å². The molecule has 1 unspecified atom stereocenters. The van der Waals surface area contributed by atoms with Gasteiger partial charge in [-0.15, -0.1) is 0 Å². The zero-order valence-corrected chi connectivity index (χ0v) is 12.4. The number of hydrogen-bond acceptors (Lipinski definition) is 3. The lowest BCUT2D eigenvalue weighted by molar-refractivity contribution is 0.176. The Bertz CT molecular complexity index is 212. The lowest BCUT2D eigenvalue weighted by Gasteiger charge is -2.31. The molecule has 0 amide bonds. The minimum atomic E-state index is 0.382. The summed E-state index contributed by atoms with van der Waals surface area (Å²) in [5.74, 6) is 0. The predicted octanol–water partition coefficient (Wildman–Crippen LogP) is 1.65. The molecular formula is C14H31N3. The molecule has 1 atom stereocenters. The molecule has 0 aliphatic carbocycles. The lowest BCUT2D eigenvalue weighted by atomic mass is 9.93. The first-order valence-corrected chi connectivity index (χ1v) is 7.13. The normalized spacial score (nSPS) is 22.6. The summed E-state index contributed by atoms with van der Waals surface area (Å²) >= 11 is 0. The summed E-state index contributed by atoms with van der Waals surface area (Å²) in [7, 11) is 2.05. The molecule has 17 heavy (non-hydrogen) atoms. The van der Waals surface area contributed by atoms with Crippen LogP contribution in [-0.2, 0) is 0 Å². The van der Waals surface area contributed by atoms with Crippen LogP contribution in [0.1, 0.15) is 34.1 Å². The van der Waals surface area contributed by atoms with Crippen molar-refractivity contribution in [2.24, 2.45) is 5.41 Å². The smallest absolute Gasteiger partial charge is 0.0235 e. The van der Waals surface area contributed by atoms with Crippen LogP contribution in [0.25, 0.3) is 0 Å². The van der Waals surface area contributed by atoms with Gasteiger partial charge in [-0.2, -0.15) is 0 Å². The second-order valence-corrected chi connectivity index (χ2v) is 6.09. The maximum Gasteiger partial charge on any atom is 0.0235 e. The molecule has 1 rings (SSSR count). The molecule has 0 aromatic carbocycles. The molecule has 1 aliphatic rings. The molecule has 1 heterocycles. The molecule has 3 nitrogen and oxygen atoms in total. The second-order valence-electron chi connectivity index (χ2n) is 6.09. The van der Waals surface area contributed by atoms with E-state index in [9.17, 15) is 0 Å². The molecule has 0 saturated carbocycles. The molecule has 0 aromatic rings. The van der Waals surface area contributed by atoms with Gasteiger partial charge in [0.2, 0.25) is 0 Å². The van der Waals surface area contributed by atoms with Gasteiger partial charge in [0.15, 0.2) is 0 Å². The Morgan fingerprint density at radius 3 is 2.47 bits per heavy atom. The largest absolute Gasteiger partial charge is 0.319 e. The molecule has 1 saturated heterocycles. The van der Waals surface area contributed by atoms with E-state index in [4.69, 9.17) is 0 Å². The Morgan fingerprint density at radius 1 is 1.29 bits per heavy atom. The van der Waals surface area contributed by atoms with Gasteiger partial charge in [-0.25, -0.2) is 0 Å². The van der Waals surface area contributed by atoms with Crippen LogP contribution >= 0.6 is 0 Å². The average molecular weight is 241 g/mol. The van der Waals surface area contributed by atoms with E-state index in [-0.39, 0.29) is 0 Å². The fraction of sp³-hybridized carbons (Fsp3) is 1.00. The third kappa shape index (κ3) is 4.57. The molecule has 3 heteroatoms. The highest BCUT2D eigenvalue weighted by Gasteiger charge is 2.29. The summed E-state index contributed by atoms with van der Waals surface area (Å²) in [6.45, 7) is 16.5. The van der Waals surface area contributed by atoms with E-state index in [0.29, 0.717) is 5.41 Å². The van der Waals surface area contributed by atoms with Crippen molar-refractivity contribution in [2.45, 2.75) is 40.2 Å². The Morgan fingerprint density at radius 2 is 1.94 bits per heavy atom. The van der Waals surface area contributed by atoms with Crippen molar-refractivity contribution in [1.82, 2.24) is 15.1 Å². The number of nitrogens with zero attached hydrogens (tertiary/aromatic N) is 2. The lowest BCUT2D eigenvalue weighted by Crippen LogP contribution is -2.41. The van der Waals surface area contributed by atoms with Crippen LogP contribution in [0.15, 0.2) is 0 Å². The van der Waals surface area contributed by atoms with Gasteiger partial charge >= 0.3 is 0 Å². The van der Waals surface area contributed by atoms with Gasteiger partial charge in [-0.1, -0.05) is 27.7 Å². The Hall–Kier alpha value is -0.120. The summed E-state index contributed by atoms with van der Waals surface area (Å²) in [6, 6.07) is 0.787. The number of nitrogens with one attached hydrogen (secondary N) is 1. The first-order chi connectivity index (χ1) is 8.02. The minimum Gasteiger partial charge on any atom is -0.319 e. The van der Waals surface area contributed by atoms with Gasteiger partial charge in [0.25, 0.3) is 0 Å². The van der Waals surface area contributed by atoms with E-state index >= 15 is 0 Å². The number of rotatable bonds is 7. The van der Waals surface area contributed by atoms with Gasteiger partial charge in [-0.3, -0.25) is 4.90 Å². The van der Waals surface area contributed by atoms with E-state index in [0.717, 1.165) is 12.6 Å². The first-order valence-electron chi connectivity index (χ1n) is 7.13. The van der Waals surface area contributed by atoms with E-state index in [2.05, 4.69) is 42.8 Å². The third-order valence-electron chi connectivity index (χ3n) is 3.88. The highest BCUT2D eigenvalue weighted by Crippen LogP contribution is 2.21. The Kier molecular flexibility index (Phi) is 5.90. The highest BCUT2D eigenvalue weighted by molar-refractivity contribution is 4.86. The molecule has 0 spiro atoms. The Balaban J connectivity index is 2.40. The molecular weight excluding hydrogens is 210 g/mol. The maximum atomic E-state index is 3.30. The van der Waals surface area contributed by atoms with Gasteiger partial charge in [0, 0.05) is 25.7 Å². The van der Waals surface area contributed by atoms with Gasteiger partial charge in [0.05, 0.1) is 0 Å². The fourth-order valence-electron chi connectivity index (χ4n) is 3.13. The number of hydrogen-bond donors (Lipinski definition) is 1. The van der Waals surface area contributed by atoms with E-state index in [1.807, 2.05) is 7.05 Å². The Labute approximate surface area is 108 Å². The monoisotopic (exact) mass is 241 g/mol. The molecule has 0 radical (unpaired) electrons. The van der Waals surface area contributed by atoms with Gasteiger partial charge in [-0.05, 0) is 38.5 Å². The summed E-state index contributed by atoms with van der Waals surface area (Å²) in [5.41, 5.74) is 0.382. The number of likely N-dealkylation sites (tertiary alicyclic amines) is 1. The van der Waals surface area contributed by atoms with Gasteiger partial charge in [0.1, 0.15) is 0 Å². The SMILES string of the molecule is CCN(CC)C1CCN(CC(C)(C)CNC)C1. The van der Waals surface area contributed by atoms with E-state index < -0.39 is 0 Å². The minimum absolute atomic E-state index is 0.382. The highest BCUT2D eigenvalue weighted by atomic mass is 15.2. The van der Waals surface area contributed by atoms with Crippen LogP contribution in [0, 0.1) is 5.41 Å². The van der Waals surface area contributed by atoms with Crippen LogP contribution < -0.4 is 5.32 Å². The molecule has 1 fully saturated rings. The fourth-order valence-corrected chi connectivity index (χ4v) is 3.13. The van der Waals surface area contributed by atoms with Crippen LogP contribution in [0.5, 0.6) is 0 Å². The quantitative estimate of drug-likeness (QED) is 0.731. The zero-order valence-electron chi connectivity index (χ0n) is 12.4. The zero-order chi connectivity index (χ0) is 12.9. The van der Waals surface area contributed by atoms with Crippen molar-refractivity contribution in [3.63, 3.8) is 0 Å². The molecule has 1 aliphatic heterocycles. The standard InChI is InChI=1S/C14H31N3/c1-6-17(7-2)13-8-9-16(10-13)12-14(3,4)11-15-5/h13,15H,6-12H2,1-5H3. The predicted molar refractivity (Wildman–Crippen MR) is 75.5 cm³/mol. The summed E-state index contributed by atoms with van der Waals surface area (Å²) in [5, 5.41) is 3.30. The molecule has 1 N–H and O–H groups in total. The van der Waals surface area contributed by atoms with Gasteiger partial charge < -0.3 is 10.2 Å². The average Bonchev–Trinajstić information content (AvgIpc) is 2.67. The van der Waals surface area contributed by atoms with Crippen LogP contribution in [0.3, 0.4) is 0 Å². The van der Waals surface area contributed by atoms with Crippen LogP contribution in [0.2, 0.25) is 0 Å². The summed E-state index contributed by atoms with van der Waals surface area (Å²) in [6.07, 6.45) is 1.34. The summed E-state index contributed by atoms with van der Waals surface area (Å²) < 4.78 is 0. The van der Waals surface area contributed by atoms with Crippen LogP contribution in [0.4, 0.5) is 0 Å². The number of likely N-dealkylation sites (N-methyl/N-ethyl adjacent to an activating group) is 1. The molecule has 0 bridgehead atoms. The molecule has 102 valence electrons. The van der Waals surface area contributed by atoms with Crippen LogP contribution in [-0.4, -0.2) is 62.2 Å². The topological polar surface area (TPSA) is 18.5 Å². The summed E-state index contributed by atoms with van der Waals surface area (Å²) in [4.78, 5) is 5.24. The van der Waals surface area contributed by atoms with Crippen molar-refractivity contribution < 1.29 is 0 Å². The first kappa shape index (κ1) is 14.9. The van der Waals surface area contributed by atoms with E-state index in [1.165, 1.54) is 39.1 Å². The second kappa shape index (κ2) is 6.72. The molecule has 0 aromatic heterocycles. The maximum absolute atomic E-state index is 3.30. The third-order valence-corrected chi connectivity index (χ3v) is 3.88. The van der Waals surface area contributed by atoms with Crippen molar-refractivity contribution in [2.75, 3.05) is 46.3 Å². The van der Waals surface area contributed by atoms with E-state index in [1.54, 1.807) is 0 Å². The van der Waals surface area contributed by atoms with Crippen molar-refractivity contribution in [3.8, 4) is 0 Å². The van der Waals surface area contributed by atoms with Crippen molar-refractivity contribution >= 4 is 0 Å².